The normalized spacial score (nSPS) is 10.3. The van der Waals surface area contributed by atoms with Crippen molar-refractivity contribution in [2.75, 3.05) is 7.11 Å². The lowest BCUT2D eigenvalue weighted by Gasteiger charge is -2.10. The monoisotopic (exact) mass is 322 g/mol. The topological polar surface area (TPSA) is 118 Å². The number of nitrogens with zero attached hydrogens (tertiary/aromatic N) is 3. The van der Waals surface area contributed by atoms with Crippen LogP contribution in [0.3, 0.4) is 0 Å². The molecule has 0 fully saturated rings. The van der Waals surface area contributed by atoms with Gasteiger partial charge in [-0.25, -0.2) is 19.1 Å². The highest BCUT2D eigenvalue weighted by Crippen LogP contribution is 2.17. The Balaban J connectivity index is 2.34. The van der Waals surface area contributed by atoms with Gasteiger partial charge in [0.05, 0.1) is 29.3 Å². The fourth-order valence-corrected chi connectivity index (χ4v) is 2.36. The summed E-state index contributed by atoms with van der Waals surface area (Å²) in [7, 11) is 1.21. The molecule has 24 heavy (non-hydrogen) atoms. The summed E-state index contributed by atoms with van der Waals surface area (Å²) in [5, 5.41) is 9.47. The van der Waals surface area contributed by atoms with E-state index in [9.17, 15) is 19.6 Å². The molecule has 0 spiro atoms. The zero-order valence-electron chi connectivity index (χ0n) is 12.4. The highest BCUT2D eigenvalue weighted by Gasteiger charge is 2.15. The molecule has 0 saturated carbocycles. The number of carbonyl (C=O) groups excluding carboxylic acids is 1. The average molecular weight is 322 g/mol. The number of carbonyl (C=O) groups is 1. The zero-order valence-corrected chi connectivity index (χ0v) is 12.4. The third kappa shape index (κ3) is 2.34. The molecule has 0 amide bonds. The van der Waals surface area contributed by atoms with Gasteiger partial charge in [0.25, 0.3) is 5.56 Å². The van der Waals surface area contributed by atoms with Gasteiger partial charge in [0.1, 0.15) is 6.07 Å². The van der Waals surface area contributed by atoms with E-state index in [1.165, 1.54) is 42.1 Å². The molecule has 8 heteroatoms. The lowest BCUT2D eigenvalue weighted by atomic mass is 10.1. The van der Waals surface area contributed by atoms with Gasteiger partial charge in [-0.05, 0) is 30.3 Å². The summed E-state index contributed by atoms with van der Waals surface area (Å²) >= 11 is 0. The molecule has 0 aliphatic rings. The van der Waals surface area contributed by atoms with Gasteiger partial charge in [0.15, 0.2) is 5.65 Å². The molecule has 8 nitrogen and oxygen atoms in total. The van der Waals surface area contributed by atoms with Gasteiger partial charge in [0, 0.05) is 6.20 Å². The van der Waals surface area contributed by atoms with Crippen LogP contribution in [-0.2, 0) is 4.74 Å². The van der Waals surface area contributed by atoms with Gasteiger partial charge in [0.2, 0.25) is 0 Å². The summed E-state index contributed by atoms with van der Waals surface area (Å²) < 4.78 is 5.78. The van der Waals surface area contributed by atoms with Crippen LogP contribution in [0.1, 0.15) is 15.9 Å². The van der Waals surface area contributed by atoms with E-state index in [1.54, 1.807) is 6.07 Å². The van der Waals surface area contributed by atoms with Crippen LogP contribution in [0.4, 0.5) is 0 Å². The van der Waals surface area contributed by atoms with E-state index >= 15 is 0 Å². The second-order valence-corrected chi connectivity index (χ2v) is 4.80. The molecule has 3 aromatic rings. The molecule has 0 atom stereocenters. The number of nitrogens with one attached hydrogen (secondary N) is 1. The summed E-state index contributed by atoms with van der Waals surface area (Å²) in [6.45, 7) is 0. The van der Waals surface area contributed by atoms with Crippen LogP contribution in [0.2, 0.25) is 0 Å². The Kier molecular flexibility index (Phi) is 3.67. The molecule has 2 aromatic heterocycles. The summed E-state index contributed by atoms with van der Waals surface area (Å²) in [6, 6.07) is 9.22. The van der Waals surface area contributed by atoms with Gasteiger partial charge >= 0.3 is 11.7 Å². The SMILES string of the molecule is COC(=O)c1ccc(-n2c(=O)[nH]c(=O)c3cccnc32)cc1C#N. The van der Waals surface area contributed by atoms with Crippen molar-refractivity contribution in [2.24, 2.45) is 0 Å². The van der Waals surface area contributed by atoms with Gasteiger partial charge in [-0.15, -0.1) is 0 Å². The Morgan fingerprint density at radius 3 is 2.83 bits per heavy atom. The Hall–Kier alpha value is -3.73. The van der Waals surface area contributed by atoms with Crippen LogP contribution in [0.15, 0.2) is 46.1 Å². The number of benzene rings is 1. The molecule has 0 aliphatic carbocycles. The highest BCUT2D eigenvalue weighted by molar-refractivity contribution is 5.92. The van der Waals surface area contributed by atoms with Crippen molar-refractivity contribution in [1.29, 1.82) is 5.26 Å². The third-order valence-electron chi connectivity index (χ3n) is 3.45. The van der Waals surface area contributed by atoms with Gasteiger partial charge < -0.3 is 4.74 Å². The number of esters is 1. The molecule has 118 valence electrons. The van der Waals surface area contributed by atoms with Crippen molar-refractivity contribution in [2.45, 2.75) is 0 Å². The van der Waals surface area contributed by atoms with E-state index in [4.69, 9.17) is 0 Å². The van der Waals surface area contributed by atoms with Crippen molar-refractivity contribution < 1.29 is 9.53 Å². The van der Waals surface area contributed by atoms with Gasteiger partial charge in [-0.3, -0.25) is 9.78 Å². The molecule has 1 aromatic carbocycles. The molecule has 2 heterocycles. The minimum Gasteiger partial charge on any atom is -0.465 e. The Morgan fingerprint density at radius 2 is 2.12 bits per heavy atom. The van der Waals surface area contributed by atoms with Crippen molar-refractivity contribution >= 4 is 17.0 Å². The molecule has 3 rings (SSSR count). The second-order valence-electron chi connectivity index (χ2n) is 4.80. The number of aromatic nitrogens is 3. The smallest absolute Gasteiger partial charge is 0.339 e. The first kappa shape index (κ1) is 15.2. The molecule has 0 bridgehead atoms. The number of rotatable bonds is 2. The largest absolute Gasteiger partial charge is 0.465 e. The number of hydrogen-bond donors (Lipinski definition) is 1. The highest BCUT2D eigenvalue weighted by atomic mass is 16.5. The summed E-state index contributed by atoms with van der Waals surface area (Å²) in [6.07, 6.45) is 1.45. The molecule has 1 N–H and O–H groups in total. The molecular weight excluding hydrogens is 312 g/mol. The van der Waals surface area contributed by atoms with E-state index in [2.05, 4.69) is 14.7 Å². The number of methoxy groups -OCH3 is 1. The number of nitriles is 1. The van der Waals surface area contributed by atoms with Crippen molar-refractivity contribution in [3.63, 3.8) is 0 Å². The first-order valence-electron chi connectivity index (χ1n) is 6.79. The zero-order chi connectivity index (χ0) is 17.3. The molecule has 0 radical (unpaired) electrons. The number of hydrogen-bond acceptors (Lipinski definition) is 6. The fourth-order valence-electron chi connectivity index (χ4n) is 2.36. The van der Waals surface area contributed by atoms with E-state index in [0.29, 0.717) is 5.69 Å². The van der Waals surface area contributed by atoms with Gasteiger partial charge in [-0.1, -0.05) is 0 Å². The molecule has 0 aliphatic heterocycles. The molecule has 0 unspecified atom stereocenters. The predicted octanol–water partition coefficient (Wildman–Crippen LogP) is 0.732. The lowest BCUT2D eigenvalue weighted by Crippen LogP contribution is -2.29. The van der Waals surface area contributed by atoms with E-state index in [0.717, 1.165) is 0 Å². The lowest BCUT2D eigenvalue weighted by molar-refractivity contribution is 0.0600. The first-order valence-corrected chi connectivity index (χ1v) is 6.79. The van der Waals surface area contributed by atoms with Crippen LogP contribution >= 0.6 is 0 Å². The van der Waals surface area contributed by atoms with Crippen molar-refractivity contribution in [3.05, 3.63) is 68.5 Å². The second kappa shape index (κ2) is 5.81. The number of aromatic amines is 1. The quantitative estimate of drug-likeness (QED) is 0.695. The predicted molar refractivity (Wildman–Crippen MR) is 84.0 cm³/mol. The first-order chi connectivity index (χ1) is 11.6. The summed E-state index contributed by atoms with van der Waals surface area (Å²) in [5.41, 5.74) is -0.669. The Morgan fingerprint density at radius 1 is 1.33 bits per heavy atom. The minimum absolute atomic E-state index is 0.0431. The van der Waals surface area contributed by atoms with E-state index in [1.807, 2.05) is 6.07 Å². The van der Waals surface area contributed by atoms with Crippen LogP contribution < -0.4 is 11.2 Å². The van der Waals surface area contributed by atoms with Crippen LogP contribution in [0, 0.1) is 11.3 Å². The maximum absolute atomic E-state index is 12.2. The maximum atomic E-state index is 12.2. The Bertz CT molecular complexity index is 1120. The van der Waals surface area contributed by atoms with Crippen LogP contribution in [0.25, 0.3) is 16.7 Å². The van der Waals surface area contributed by atoms with Crippen LogP contribution in [0.5, 0.6) is 0 Å². The van der Waals surface area contributed by atoms with Gasteiger partial charge in [-0.2, -0.15) is 5.26 Å². The van der Waals surface area contributed by atoms with Crippen molar-refractivity contribution in [1.82, 2.24) is 14.5 Å². The van der Waals surface area contributed by atoms with E-state index in [-0.39, 0.29) is 22.2 Å². The fraction of sp³-hybridized carbons (Fsp3) is 0.0625. The minimum atomic E-state index is -0.694. The maximum Gasteiger partial charge on any atom is 0.339 e. The van der Waals surface area contributed by atoms with E-state index < -0.39 is 17.2 Å². The third-order valence-corrected chi connectivity index (χ3v) is 3.45. The number of ether oxygens (including phenoxy) is 1. The molecular formula is C16H10N4O4. The molecule has 0 saturated heterocycles. The number of fused-ring (bicyclic) bond motifs is 1. The number of pyridine rings is 1. The summed E-state index contributed by atoms with van der Waals surface area (Å²) in [4.78, 5) is 42.0. The Labute approximate surface area is 134 Å². The van der Waals surface area contributed by atoms with Crippen molar-refractivity contribution in [3.8, 4) is 11.8 Å². The van der Waals surface area contributed by atoms with Crippen LogP contribution in [-0.4, -0.2) is 27.6 Å². The summed E-state index contributed by atoms with van der Waals surface area (Å²) in [5.74, 6) is -0.658. The average Bonchev–Trinajstić information content (AvgIpc) is 2.61. The number of H-pyrrole nitrogens is 1. The standard InChI is InChI=1S/C16H10N4O4/c1-24-15(22)11-5-4-10(7-9(11)8-17)20-13-12(3-2-6-18-13)14(21)19-16(20)23/h2-7H,1H3,(H,19,21,23).